The molecule has 0 bridgehead atoms. The summed E-state index contributed by atoms with van der Waals surface area (Å²) in [7, 11) is 0. The second kappa shape index (κ2) is 8.04. The molecule has 7 nitrogen and oxygen atoms in total. The number of aliphatic imine (C=N–C) groups is 2. The van der Waals surface area contributed by atoms with E-state index in [0.29, 0.717) is 25.6 Å². The summed E-state index contributed by atoms with van der Waals surface area (Å²) in [6.45, 7) is 5.23. The SMILES string of the molecule is CC(C)CC1(N)N=C(c2cccc(C(F)(F)F)n2)NC(=NC2CCOCC2)N1. The van der Waals surface area contributed by atoms with Crippen molar-refractivity contribution in [3.63, 3.8) is 0 Å². The summed E-state index contributed by atoms with van der Waals surface area (Å²) in [5, 5.41) is 6.05. The van der Waals surface area contributed by atoms with Crippen LogP contribution in [0.25, 0.3) is 0 Å². The van der Waals surface area contributed by atoms with E-state index in [1.807, 2.05) is 13.8 Å². The van der Waals surface area contributed by atoms with Crippen LogP contribution in [0.15, 0.2) is 28.2 Å². The van der Waals surface area contributed by atoms with Gasteiger partial charge < -0.3 is 15.4 Å². The maximum Gasteiger partial charge on any atom is 0.433 e. The summed E-state index contributed by atoms with van der Waals surface area (Å²) >= 11 is 0. The zero-order chi connectivity index (χ0) is 20.4. The van der Waals surface area contributed by atoms with Crippen LogP contribution in [0.1, 0.15) is 44.5 Å². The lowest BCUT2D eigenvalue weighted by atomic mass is 10.0. The van der Waals surface area contributed by atoms with Gasteiger partial charge in [0.2, 0.25) is 0 Å². The van der Waals surface area contributed by atoms with Crippen molar-refractivity contribution in [3.05, 3.63) is 29.6 Å². The van der Waals surface area contributed by atoms with E-state index in [2.05, 4.69) is 25.6 Å². The Balaban J connectivity index is 1.94. The first kappa shape index (κ1) is 20.5. The van der Waals surface area contributed by atoms with Gasteiger partial charge in [0.15, 0.2) is 17.6 Å². The van der Waals surface area contributed by atoms with Gasteiger partial charge in [-0.1, -0.05) is 19.9 Å². The molecule has 1 unspecified atom stereocenters. The Kier molecular flexibility index (Phi) is 5.90. The van der Waals surface area contributed by atoms with Gasteiger partial charge in [-0.05, 0) is 30.9 Å². The molecule has 0 spiro atoms. The highest BCUT2D eigenvalue weighted by atomic mass is 19.4. The molecular weight excluding hydrogens is 373 g/mol. The molecule has 1 aromatic heterocycles. The first-order valence-electron chi connectivity index (χ1n) is 9.29. The van der Waals surface area contributed by atoms with Crippen molar-refractivity contribution >= 4 is 11.8 Å². The molecule has 3 rings (SSSR count). The minimum absolute atomic E-state index is 0.0425. The molecule has 0 aliphatic carbocycles. The number of alkyl halides is 3. The summed E-state index contributed by atoms with van der Waals surface area (Å²) in [6.07, 6.45) is -2.53. The van der Waals surface area contributed by atoms with Crippen LogP contribution >= 0.6 is 0 Å². The Hall–Kier alpha value is -2.20. The number of nitrogens with two attached hydrogens (primary N) is 1. The monoisotopic (exact) mass is 398 g/mol. The van der Waals surface area contributed by atoms with E-state index >= 15 is 0 Å². The number of pyridine rings is 1. The van der Waals surface area contributed by atoms with Gasteiger partial charge in [-0.2, -0.15) is 13.2 Å². The molecule has 1 atom stereocenters. The number of amidine groups is 1. The molecular formula is C18H25F3N6O. The van der Waals surface area contributed by atoms with E-state index in [-0.39, 0.29) is 23.5 Å². The van der Waals surface area contributed by atoms with E-state index < -0.39 is 17.7 Å². The molecule has 3 heterocycles. The number of rotatable bonds is 4. The smallest absolute Gasteiger partial charge is 0.381 e. The van der Waals surface area contributed by atoms with Crippen molar-refractivity contribution < 1.29 is 17.9 Å². The zero-order valence-electron chi connectivity index (χ0n) is 15.9. The Morgan fingerprint density at radius 3 is 2.68 bits per heavy atom. The fourth-order valence-corrected chi connectivity index (χ4v) is 3.23. The first-order chi connectivity index (χ1) is 13.1. The Morgan fingerprint density at radius 2 is 2.04 bits per heavy atom. The molecule has 0 saturated carbocycles. The van der Waals surface area contributed by atoms with Crippen molar-refractivity contribution in [2.24, 2.45) is 21.6 Å². The van der Waals surface area contributed by atoms with E-state index in [1.165, 1.54) is 12.1 Å². The van der Waals surface area contributed by atoms with Crippen molar-refractivity contribution in [1.29, 1.82) is 0 Å². The Morgan fingerprint density at radius 1 is 1.32 bits per heavy atom. The highest BCUT2D eigenvalue weighted by Gasteiger charge is 2.35. The third-order valence-corrected chi connectivity index (χ3v) is 4.39. The fraction of sp³-hybridized carbons (Fsp3) is 0.611. The molecule has 1 saturated heterocycles. The summed E-state index contributed by atoms with van der Waals surface area (Å²) in [6, 6.07) is 3.73. The van der Waals surface area contributed by atoms with E-state index in [9.17, 15) is 13.2 Å². The van der Waals surface area contributed by atoms with Crippen LogP contribution in [0.2, 0.25) is 0 Å². The highest BCUT2D eigenvalue weighted by molar-refractivity contribution is 6.09. The molecule has 1 fully saturated rings. The first-order valence-corrected chi connectivity index (χ1v) is 9.29. The van der Waals surface area contributed by atoms with Gasteiger partial charge in [0.05, 0.1) is 6.04 Å². The van der Waals surface area contributed by atoms with E-state index in [4.69, 9.17) is 10.5 Å². The van der Waals surface area contributed by atoms with Crippen LogP contribution in [0.3, 0.4) is 0 Å². The summed E-state index contributed by atoms with van der Waals surface area (Å²) in [4.78, 5) is 12.8. The molecule has 154 valence electrons. The predicted molar refractivity (Wildman–Crippen MR) is 99.7 cm³/mol. The third kappa shape index (κ3) is 5.20. The molecule has 28 heavy (non-hydrogen) atoms. The van der Waals surface area contributed by atoms with Crippen molar-refractivity contribution in [2.75, 3.05) is 13.2 Å². The molecule has 2 aliphatic rings. The second-order valence-electron chi connectivity index (χ2n) is 7.46. The minimum atomic E-state index is -4.54. The molecule has 4 N–H and O–H groups in total. The number of nitrogens with zero attached hydrogens (tertiary/aromatic N) is 3. The lowest BCUT2D eigenvalue weighted by Crippen LogP contribution is -2.64. The zero-order valence-corrected chi connectivity index (χ0v) is 15.9. The molecule has 0 radical (unpaired) electrons. The number of hydrogen-bond donors (Lipinski definition) is 3. The van der Waals surface area contributed by atoms with Crippen LogP contribution in [-0.4, -0.2) is 41.8 Å². The van der Waals surface area contributed by atoms with Gasteiger partial charge >= 0.3 is 6.18 Å². The number of guanidine groups is 1. The topological polar surface area (TPSA) is 96.9 Å². The molecule has 0 amide bonds. The predicted octanol–water partition coefficient (Wildman–Crippen LogP) is 2.23. The van der Waals surface area contributed by atoms with Crippen LogP contribution < -0.4 is 16.4 Å². The lowest BCUT2D eigenvalue weighted by molar-refractivity contribution is -0.141. The van der Waals surface area contributed by atoms with Crippen LogP contribution in [0.5, 0.6) is 0 Å². The molecule has 0 aromatic carbocycles. The molecule has 10 heteroatoms. The number of nitrogens with one attached hydrogen (secondary N) is 2. The summed E-state index contributed by atoms with van der Waals surface area (Å²) in [5.74, 6) is -0.424. The largest absolute Gasteiger partial charge is 0.433 e. The standard InChI is InChI=1S/C18H25F3N6O/c1-11(2)10-17(22)26-15(13-4-3-5-14(24-13)18(19,20)21)25-16(27-17)23-12-6-8-28-9-7-12/h3-5,11-12H,6-10,22H2,1-2H3,(H2,23,25,26,27). The van der Waals surface area contributed by atoms with Gasteiger partial charge in [-0.25, -0.2) is 15.0 Å². The normalized spacial score (nSPS) is 25.4. The minimum Gasteiger partial charge on any atom is -0.381 e. The molecule has 2 aliphatic heterocycles. The van der Waals surface area contributed by atoms with Crippen molar-refractivity contribution in [2.45, 2.75) is 51.1 Å². The fourth-order valence-electron chi connectivity index (χ4n) is 3.23. The maximum atomic E-state index is 13.0. The number of ether oxygens (including phenoxy) is 1. The van der Waals surface area contributed by atoms with Crippen LogP contribution in [0, 0.1) is 5.92 Å². The maximum absolute atomic E-state index is 13.0. The number of hydrogen-bond acceptors (Lipinski definition) is 5. The Labute approximate surface area is 161 Å². The van der Waals surface area contributed by atoms with Gasteiger partial charge in [0, 0.05) is 19.6 Å². The van der Waals surface area contributed by atoms with Gasteiger partial charge in [0.25, 0.3) is 0 Å². The summed E-state index contributed by atoms with van der Waals surface area (Å²) < 4.78 is 44.5. The van der Waals surface area contributed by atoms with E-state index in [1.54, 1.807) is 0 Å². The lowest BCUT2D eigenvalue weighted by Gasteiger charge is -2.35. The Bertz CT molecular complexity index is 758. The highest BCUT2D eigenvalue weighted by Crippen LogP contribution is 2.27. The second-order valence-corrected chi connectivity index (χ2v) is 7.46. The van der Waals surface area contributed by atoms with Crippen molar-refractivity contribution in [1.82, 2.24) is 15.6 Å². The summed E-state index contributed by atoms with van der Waals surface area (Å²) in [5.41, 5.74) is 5.49. The third-order valence-electron chi connectivity index (χ3n) is 4.39. The van der Waals surface area contributed by atoms with Gasteiger partial charge in [0.1, 0.15) is 11.4 Å². The number of halogens is 3. The van der Waals surface area contributed by atoms with Crippen molar-refractivity contribution in [3.8, 4) is 0 Å². The van der Waals surface area contributed by atoms with E-state index in [0.717, 1.165) is 18.9 Å². The van der Waals surface area contributed by atoms with Crippen LogP contribution in [-0.2, 0) is 10.9 Å². The van der Waals surface area contributed by atoms with Gasteiger partial charge in [-0.15, -0.1) is 0 Å². The van der Waals surface area contributed by atoms with Gasteiger partial charge in [-0.3, -0.25) is 5.73 Å². The molecule has 1 aromatic rings. The van der Waals surface area contributed by atoms with Crippen LogP contribution in [0.4, 0.5) is 13.2 Å². The quantitative estimate of drug-likeness (QED) is 0.723. The average Bonchev–Trinajstić information content (AvgIpc) is 2.60. The average molecular weight is 398 g/mol. The number of aromatic nitrogens is 1.